The van der Waals surface area contributed by atoms with E-state index in [4.69, 9.17) is 0 Å². The molecule has 2 amide bonds. The van der Waals surface area contributed by atoms with Crippen molar-refractivity contribution in [2.24, 2.45) is 0 Å². The van der Waals surface area contributed by atoms with E-state index in [1.54, 1.807) is 25.1 Å². The summed E-state index contributed by atoms with van der Waals surface area (Å²) in [5.41, 5.74) is 0.487. The predicted molar refractivity (Wildman–Crippen MR) is 108 cm³/mol. The molecule has 0 spiro atoms. The van der Waals surface area contributed by atoms with Gasteiger partial charge in [0.2, 0.25) is 11.8 Å². The maximum atomic E-state index is 13.1. The van der Waals surface area contributed by atoms with E-state index >= 15 is 0 Å². The lowest BCUT2D eigenvalue weighted by atomic mass is 10.1. The fourth-order valence-corrected chi connectivity index (χ4v) is 3.36. The summed E-state index contributed by atoms with van der Waals surface area (Å²) in [6, 6.07) is 9.95. The van der Waals surface area contributed by atoms with Gasteiger partial charge in [0.1, 0.15) is 11.0 Å². The lowest BCUT2D eigenvalue weighted by Gasteiger charge is -2.20. The number of fused-ring (bicyclic) bond motifs is 1. The van der Waals surface area contributed by atoms with E-state index in [0.29, 0.717) is 23.3 Å². The Balaban J connectivity index is 1.61. The molecule has 0 aliphatic heterocycles. The van der Waals surface area contributed by atoms with Gasteiger partial charge < -0.3 is 10.6 Å². The summed E-state index contributed by atoms with van der Waals surface area (Å²) < 4.78 is 47.5. The molecule has 0 radical (unpaired) electrons. The lowest BCUT2D eigenvalue weighted by Crippen LogP contribution is -2.38. The number of para-hydroxylation sites is 1. The Bertz CT molecular complexity index is 1050. The second kappa shape index (κ2) is 9.18. The number of carbonyl (C=O) groups excluding carboxylic acids is 2. The van der Waals surface area contributed by atoms with Crippen LogP contribution in [0, 0.1) is 0 Å². The molecule has 2 N–H and O–H groups in total. The zero-order chi connectivity index (χ0) is 21.7. The molecule has 1 heterocycles. The number of alkyl halides is 3. The number of nitrogens with zero attached hydrogens (tertiary/aromatic N) is 3. The minimum atomic E-state index is -4.58. The van der Waals surface area contributed by atoms with Crippen molar-refractivity contribution in [1.82, 2.24) is 13.6 Å². The third-order valence-electron chi connectivity index (χ3n) is 4.25. The summed E-state index contributed by atoms with van der Waals surface area (Å²) >= 11 is 1.03. The molecule has 3 rings (SSSR count). The van der Waals surface area contributed by atoms with E-state index in [0.717, 1.165) is 17.8 Å². The molecular weight excluding hydrogens is 419 g/mol. The molecular formula is C19H18F3N5O2S. The van der Waals surface area contributed by atoms with E-state index in [1.165, 1.54) is 23.1 Å². The van der Waals surface area contributed by atoms with Crippen molar-refractivity contribution in [3.63, 3.8) is 0 Å². The highest BCUT2D eigenvalue weighted by molar-refractivity contribution is 7.00. The summed E-state index contributed by atoms with van der Waals surface area (Å²) in [6.07, 6.45) is -4.58. The van der Waals surface area contributed by atoms with Gasteiger partial charge >= 0.3 is 6.18 Å². The summed E-state index contributed by atoms with van der Waals surface area (Å²) in [4.78, 5) is 26.2. The maximum absolute atomic E-state index is 13.1. The quantitative estimate of drug-likeness (QED) is 0.590. The topological polar surface area (TPSA) is 87.2 Å². The first-order valence-corrected chi connectivity index (χ1v) is 9.70. The van der Waals surface area contributed by atoms with Gasteiger partial charge in [-0.1, -0.05) is 25.1 Å². The van der Waals surface area contributed by atoms with Gasteiger partial charge in [-0.05, 0) is 30.8 Å². The van der Waals surface area contributed by atoms with Crippen LogP contribution < -0.4 is 10.6 Å². The molecule has 7 nitrogen and oxygen atoms in total. The third-order valence-corrected chi connectivity index (χ3v) is 4.79. The van der Waals surface area contributed by atoms with E-state index in [9.17, 15) is 22.8 Å². The highest BCUT2D eigenvalue weighted by atomic mass is 32.1. The number of anilines is 2. The molecule has 0 saturated carbocycles. The average molecular weight is 437 g/mol. The van der Waals surface area contributed by atoms with Crippen molar-refractivity contribution >= 4 is 46.0 Å². The molecule has 3 aromatic rings. The fraction of sp³-hybridized carbons (Fsp3) is 0.263. The molecule has 0 aliphatic carbocycles. The van der Waals surface area contributed by atoms with E-state index in [2.05, 4.69) is 19.4 Å². The molecule has 0 aliphatic rings. The van der Waals surface area contributed by atoms with Gasteiger partial charge in [0.25, 0.3) is 0 Å². The van der Waals surface area contributed by atoms with E-state index < -0.39 is 17.6 Å². The second-order valence-electron chi connectivity index (χ2n) is 6.38. The summed E-state index contributed by atoms with van der Waals surface area (Å²) in [6.45, 7) is 1.75. The molecule has 0 atom stereocenters. The SMILES string of the molecule is CCN(CC(=O)Nc1ccccc1C(F)(F)F)CC(=O)Nc1cccc2nsnc12. The van der Waals surface area contributed by atoms with Crippen molar-refractivity contribution in [3.8, 4) is 0 Å². The number of benzene rings is 2. The Morgan fingerprint density at radius 3 is 2.27 bits per heavy atom. The van der Waals surface area contributed by atoms with Crippen LogP contribution in [0.15, 0.2) is 42.5 Å². The van der Waals surface area contributed by atoms with Crippen LogP contribution in [0.5, 0.6) is 0 Å². The molecule has 0 bridgehead atoms. The number of aromatic nitrogens is 2. The molecule has 158 valence electrons. The third kappa shape index (κ3) is 5.30. The Labute approximate surface area is 174 Å². The van der Waals surface area contributed by atoms with Gasteiger partial charge in [0.15, 0.2) is 0 Å². The van der Waals surface area contributed by atoms with Crippen LogP contribution in [-0.2, 0) is 15.8 Å². The first-order chi connectivity index (χ1) is 14.3. The lowest BCUT2D eigenvalue weighted by molar-refractivity contribution is -0.137. The van der Waals surface area contributed by atoms with Crippen molar-refractivity contribution in [3.05, 3.63) is 48.0 Å². The smallest absolute Gasteiger partial charge is 0.324 e. The molecule has 11 heteroatoms. The van der Waals surface area contributed by atoms with Crippen LogP contribution >= 0.6 is 11.7 Å². The van der Waals surface area contributed by atoms with Gasteiger partial charge in [-0.15, -0.1) is 0 Å². The Hall–Kier alpha value is -3.05. The Kier molecular flexibility index (Phi) is 6.63. The zero-order valence-corrected chi connectivity index (χ0v) is 16.7. The van der Waals surface area contributed by atoms with Crippen LogP contribution in [0.1, 0.15) is 12.5 Å². The average Bonchev–Trinajstić information content (AvgIpc) is 3.17. The van der Waals surface area contributed by atoms with Gasteiger partial charge in [-0.3, -0.25) is 14.5 Å². The van der Waals surface area contributed by atoms with Crippen molar-refractivity contribution in [1.29, 1.82) is 0 Å². The highest BCUT2D eigenvalue weighted by Gasteiger charge is 2.33. The monoisotopic (exact) mass is 437 g/mol. The first kappa shape index (κ1) is 21.7. The summed E-state index contributed by atoms with van der Waals surface area (Å²) in [5, 5.41) is 5.01. The molecule has 1 aromatic heterocycles. The van der Waals surface area contributed by atoms with Gasteiger partial charge in [0.05, 0.1) is 41.8 Å². The van der Waals surface area contributed by atoms with Crippen LogP contribution in [0.25, 0.3) is 11.0 Å². The van der Waals surface area contributed by atoms with Gasteiger partial charge in [-0.25, -0.2) is 0 Å². The maximum Gasteiger partial charge on any atom is 0.418 e. The molecule has 30 heavy (non-hydrogen) atoms. The predicted octanol–water partition coefficient (Wildman–Crippen LogP) is 3.61. The number of hydrogen-bond acceptors (Lipinski definition) is 6. The zero-order valence-electron chi connectivity index (χ0n) is 15.9. The number of amides is 2. The van der Waals surface area contributed by atoms with Crippen molar-refractivity contribution < 1.29 is 22.8 Å². The number of hydrogen-bond donors (Lipinski definition) is 2. The van der Waals surface area contributed by atoms with Crippen LogP contribution in [-0.4, -0.2) is 45.1 Å². The highest BCUT2D eigenvalue weighted by Crippen LogP contribution is 2.34. The van der Waals surface area contributed by atoms with Crippen molar-refractivity contribution in [2.45, 2.75) is 13.1 Å². The Morgan fingerprint density at radius 1 is 0.967 bits per heavy atom. The van der Waals surface area contributed by atoms with Crippen LogP contribution in [0.3, 0.4) is 0 Å². The number of rotatable bonds is 7. The van der Waals surface area contributed by atoms with Gasteiger partial charge in [0, 0.05) is 0 Å². The molecule has 0 saturated heterocycles. The minimum Gasteiger partial charge on any atom is -0.324 e. The summed E-state index contributed by atoms with van der Waals surface area (Å²) in [7, 11) is 0. The molecule has 0 unspecified atom stereocenters. The largest absolute Gasteiger partial charge is 0.418 e. The normalized spacial score (nSPS) is 11.6. The van der Waals surface area contributed by atoms with Gasteiger partial charge in [-0.2, -0.15) is 21.9 Å². The second-order valence-corrected chi connectivity index (χ2v) is 6.91. The van der Waals surface area contributed by atoms with Crippen molar-refractivity contribution in [2.75, 3.05) is 30.3 Å². The van der Waals surface area contributed by atoms with Crippen LogP contribution in [0.2, 0.25) is 0 Å². The number of likely N-dealkylation sites (N-methyl/N-ethyl adjacent to an activating group) is 1. The summed E-state index contributed by atoms with van der Waals surface area (Å²) in [5.74, 6) is -1.02. The molecule has 2 aromatic carbocycles. The van der Waals surface area contributed by atoms with E-state index in [-0.39, 0.29) is 24.7 Å². The van der Waals surface area contributed by atoms with E-state index in [1.807, 2.05) is 0 Å². The standard InChI is InChI=1S/C19H18F3N5O2S/c1-2-27(10-16(28)23-13-7-4-3-6-12(13)19(20,21)22)11-17(29)24-14-8-5-9-15-18(14)26-30-25-15/h3-9H,2,10-11H2,1H3,(H,23,28)(H,24,29). The Morgan fingerprint density at radius 2 is 1.60 bits per heavy atom. The number of nitrogens with one attached hydrogen (secondary N) is 2. The molecule has 0 fully saturated rings. The van der Waals surface area contributed by atoms with Crippen LogP contribution in [0.4, 0.5) is 24.5 Å². The number of halogens is 3. The number of carbonyl (C=O) groups is 2. The fourth-order valence-electron chi connectivity index (χ4n) is 2.81. The minimum absolute atomic E-state index is 0.112. The first-order valence-electron chi connectivity index (χ1n) is 8.97.